The third-order valence-corrected chi connectivity index (χ3v) is 5.87. The molecule has 0 aliphatic carbocycles. The second-order valence-electron chi connectivity index (χ2n) is 8.06. The van der Waals surface area contributed by atoms with Crippen LogP contribution in [0.5, 0.6) is 0 Å². The van der Waals surface area contributed by atoms with Gasteiger partial charge in [-0.05, 0) is 30.7 Å². The fourth-order valence-electron chi connectivity index (χ4n) is 4.06. The number of rotatable bonds is 7. The Morgan fingerprint density at radius 2 is 1.84 bits per heavy atom. The van der Waals surface area contributed by atoms with Crippen LogP contribution in [0, 0.1) is 5.82 Å². The monoisotopic (exact) mass is 437 g/mol. The summed E-state index contributed by atoms with van der Waals surface area (Å²) in [5.74, 6) is 0.378. The normalized spacial score (nSPS) is 14.1. The van der Waals surface area contributed by atoms with Crippen LogP contribution in [0.4, 0.5) is 21.6 Å². The molecular formula is C24H28FN5O2. The highest BCUT2D eigenvalue weighted by atomic mass is 19.1. The van der Waals surface area contributed by atoms with Crippen LogP contribution >= 0.6 is 0 Å². The van der Waals surface area contributed by atoms with Gasteiger partial charge < -0.3 is 15.1 Å². The van der Waals surface area contributed by atoms with Gasteiger partial charge in [-0.15, -0.1) is 0 Å². The molecule has 1 aromatic heterocycles. The molecule has 32 heavy (non-hydrogen) atoms. The van der Waals surface area contributed by atoms with Crippen LogP contribution in [0.3, 0.4) is 0 Å². The van der Waals surface area contributed by atoms with E-state index in [1.165, 1.54) is 6.07 Å². The number of nitrogens with one attached hydrogen (secondary N) is 2. The Hall–Kier alpha value is -3.42. The number of carbonyl (C=O) groups is 1. The lowest BCUT2D eigenvalue weighted by Gasteiger charge is -2.36. The first kappa shape index (κ1) is 21.8. The standard InChI is InChI=1S/C24H28FN5O2/c1-2-3-4-9-22(31)30-14-12-29(13-15-30)21-16-17(10-11-20(21)25)26-23-18-7-5-6-8-19(18)24(32)28-27-23/h5-8,10-11,16H,2-4,9,12-15H2,1H3,(H,26,27)(H,28,32). The number of H-pyrrole nitrogens is 1. The second-order valence-corrected chi connectivity index (χ2v) is 8.06. The van der Waals surface area contributed by atoms with E-state index in [1.807, 2.05) is 21.9 Å². The first-order chi connectivity index (χ1) is 15.6. The Morgan fingerprint density at radius 3 is 2.59 bits per heavy atom. The molecule has 0 spiro atoms. The zero-order valence-electron chi connectivity index (χ0n) is 18.2. The number of hydrogen-bond donors (Lipinski definition) is 2. The van der Waals surface area contributed by atoms with Crippen molar-refractivity contribution in [1.29, 1.82) is 0 Å². The van der Waals surface area contributed by atoms with Crippen LogP contribution in [0.2, 0.25) is 0 Å². The molecule has 3 aromatic rings. The van der Waals surface area contributed by atoms with Crippen LogP contribution < -0.4 is 15.8 Å². The molecule has 1 saturated heterocycles. The van der Waals surface area contributed by atoms with E-state index in [0.29, 0.717) is 60.6 Å². The topological polar surface area (TPSA) is 81.3 Å². The molecule has 2 aromatic carbocycles. The molecule has 0 radical (unpaired) electrons. The van der Waals surface area contributed by atoms with Gasteiger partial charge >= 0.3 is 0 Å². The van der Waals surface area contributed by atoms with Gasteiger partial charge in [-0.3, -0.25) is 9.59 Å². The predicted octanol–water partition coefficient (Wildman–Crippen LogP) is 4.03. The van der Waals surface area contributed by atoms with Crippen LogP contribution in [0.25, 0.3) is 10.8 Å². The zero-order chi connectivity index (χ0) is 22.5. The van der Waals surface area contributed by atoms with Crippen molar-refractivity contribution in [3.63, 3.8) is 0 Å². The quantitative estimate of drug-likeness (QED) is 0.546. The van der Waals surface area contributed by atoms with Gasteiger partial charge in [-0.2, -0.15) is 5.10 Å². The molecule has 1 amide bonds. The number of halogens is 1. The van der Waals surface area contributed by atoms with Crippen LogP contribution in [-0.4, -0.2) is 47.2 Å². The Morgan fingerprint density at radius 1 is 1.09 bits per heavy atom. The minimum Gasteiger partial charge on any atom is -0.366 e. The van der Waals surface area contributed by atoms with Gasteiger partial charge in [0.15, 0.2) is 5.82 Å². The molecule has 1 aliphatic rings. The van der Waals surface area contributed by atoms with Crippen molar-refractivity contribution in [2.24, 2.45) is 0 Å². The number of aromatic amines is 1. The van der Waals surface area contributed by atoms with Gasteiger partial charge in [0.1, 0.15) is 5.82 Å². The molecule has 1 aliphatic heterocycles. The summed E-state index contributed by atoms with van der Waals surface area (Å²) in [6, 6.07) is 12.0. The summed E-state index contributed by atoms with van der Waals surface area (Å²) >= 11 is 0. The van der Waals surface area contributed by atoms with Crippen LogP contribution in [-0.2, 0) is 4.79 Å². The van der Waals surface area contributed by atoms with Crippen molar-refractivity contribution in [2.75, 3.05) is 36.4 Å². The molecule has 0 unspecified atom stereocenters. The van der Waals surface area contributed by atoms with Crippen molar-refractivity contribution in [1.82, 2.24) is 15.1 Å². The van der Waals surface area contributed by atoms with Crippen molar-refractivity contribution in [3.8, 4) is 0 Å². The lowest BCUT2D eigenvalue weighted by Crippen LogP contribution is -2.49. The molecule has 0 bridgehead atoms. The SMILES string of the molecule is CCCCCC(=O)N1CCN(c2cc(Nc3n[nH]c(=O)c4ccccc34)ccc2F)CC1. The van der Waals surface area contributed by atoms with Gasteiger partial charge in [-0.1, -0.05) is 38.0 Å². The Kier molecular flexibility index (Phi) is 6.68. The average molecular weight is 438 g/mol. The number of piperazine rings is 1. The number of nitrogens with zero attached hydrogens (tertiary/aromatic N) is 3. The highest BCUT2D eigenvalue weighted by molar-refractivity contribution is 5.92. The molecule has 1 fully saturated rings. The van der Waals surface area contributed by atoms with Crippen LogP contribution in [0.1, 0.15) is 32.6 Å². The summed E-state index contributed by atoms with van der Waals surface area (Å²) < 4.78 is 14.6. The smallest absolute Gasteiger partial charge is 0.272 e. The lowest BCUT2D eigenvalue weighted by atomic mass is 10.1. The van der Waals surface area contributed by atoms with Crippen molar-refractivity contribution in [2.45, 2.75) is 32.6 Å². The second kappa shape index (κ2) is 9.80. The van der Waals surface area contributed by atoms with Crippen LogP contribution in [0.15, 0.2) is 47.3 Å². The largest absolute Gasteiger partial charge is 0.366 e. The van der Waals surface area contributed by atoms with Gasteiger partial charge in [-0.25, -0.2) is 9.49 Å². The number of hydrogen-bond acceptors (Lipinski definition) is 5. The molecule has 0 atom stereocenters. The maximum Gasteiger partial charge on any atom is 0.272 e. The minimum absolute atomic E-state index is 0.185. The number of fused-ring (bicyclic) bond motifs is 1. The van der Waals surface area contributed by atoms with E-state index in [-0.39, 0.29) is 17.3 Å². The van der Waals surface area contributed by atoms with E-state index < -0.39 is 0 Å². The third-order valence-electron chi connectivity index (χ3n) is 5.87. The first-order valence-corrected chi connectivity index (χ1v) is 11.1. The molecule has 0 saturated carbocycles. The summed E-state index contributed by atoms with van der Waals surface area (Å²) in [4.78, 5) is 28.2. The van der Waals surface area contributed by atoms with Gasteiger partial charge in [0.2, 0.25) is 5.91 Å². The van der Waals surface area contributed by atoms with E-state index in [0.717, 1.165) is 19.3 Å². The number of anilines is 3. The average Bonchev–Trinajstić information content (AvgIpc) is 2.82. The van der Waals surface area contributed by atoms with Crippen molar-refractivity contribution in [3.05, 3.63) is 58.6 Å². The summed E-state index contributed by atoms with van der Waals surface area (Å²) in [7, 11) is 0. The summed E-state index contributed by atoms with van der Waals surface area (Å²) in [5, 5.41) is 11.0. The Labute approximate surface area is 186 Å². The molecule has 168 valence electrons. The Bertz CT molecular complexity index is 1150. The van der Waals surface area contributed by atoms with Crippen molar-refractivity contribution < 1.29 is 9.18 Å². The first-order valence-electron chi connectivity index (χ1n) is 11.1. The van der Waals surface area contributed by atoms with Gasteiger partial charge in [0.25, 0.3) is 5.56 Å². The molecule has 8 heteroatoms. The highest BCUT2D eigenvalue weighted by Gasteiger charge is 2.23. The fourth-order valence-corrected chi connectivity index (χ4v) is 4.06. The van der Waals surface area contributed by atoms with E-state index in [2.05, 4.69) is 22.4 Å². The molecule has 4 rings (SSSR count). The van der Waals surface area contributed by atoms with E-state index in [1.54, 1.807) is 24.3 Å². The summed E-state index contributed by atoms with van der Waals surface area (Å²) in [5.41, 5.74) is 0.902. The van der Waals surface area contributed by atoms with Gasteiger partial charge in [0, 0.05) is 43.7 Å². The van der Waals surface area contributed by atoms with Crippen molar-refractivity contribution >= 4 is 33.9 Å². The molecule has 2 heterocycles. The van der Waals surface area contributed by atoms with E-state index in [9.17, 15) is 14.0 Å². The number of benzene rings is 2. The zero-order valence-corrected chi connectivity index (χ0v) is 18.2. The maximum atomic E-state index is 14.6. The number of carbonyl (C=O) groups excluding carboxylic acids is 1. The fraction of sp³-hybridized carbons (Fsp3) is 0.375. The molecular weight excluding hydrogens is 409 g/mol. The number of aromatic nitrogens is 2. The predicted molar refractivity (Wildman–Crippen MR) is 125 cm³/mol. The molecule has 7 nitrogen and oxygen atoms in total. The minimum atomic E-state index is -0.308. The highest BCUT2D eigenvalue weighted by Crippen LogP contribution is 2.28. The Balaban J connectivity index is 1.47. The molecule has 2 N–H and O–H groups in total. The lowest BCUT2D eigenvalue weighted by molar-refractivity contribution is -0.131. The number of unbranched alkanes of at least 4 members (excludes halogenated alkanes) is 2. The van der Waals surface area contributed by atoms with E-state index in [4.69, 9.17) is 0 Å². The number of amides is 1. The maximum absolute atomic E-state index is 14.6. The van der Waals surface area contributed by atoms with E-state index >= 15 is 0 Å². The summed E-state index contributed by atoms with van der Waals surface area (Å²) in [6.45, 7) is 4.47. The summed E-state index contributed by atoms with van der Waals surface area (Å²) in [6.07, 6.45) is 3.67. The third kappa shape index (κ3) is 4.74. The van der Waals surface area contributed by atoms with Gasteiger partial charge in [0.05, 0.1) is 11.1 Å².